The summed E-state index contributed by atoms with van der Waals surface area (Å²) in [5.41, 5.74) is 2.93. The zero-order chi connectivity index (χ0) is 24.8. The van der Waals surface area contributed by atoms with Gasteiger partial charge >= 0.3 is 5.97 Å². The lowest BCUT2D eigenvalue weighted by atomic mass is 9.99. The number of anilines is 1. The third-order valence-corrected chi connectivity index (χ3v) is 5.34. The molecule has 1 aromatic carbocycles. The molecule has 1 unspecified atom stereocenters. The van der Waals surface area contributed by atoms with E-state index in [-0.39, 0.29) is 18.2 Å². The minimum atomic E-state index is -0.880. The summed E-state index contributed by atoms with van der Waals surface area (Å²) >= 11 is 0. The molecular weight excluding hydrogens is 450 g/mol. The number of nitrogens with zero attached hydrogens (tertiary/aromatic N) is 3. The summed E-state index contributed by atoms with van der Waals surface area (Å²) < 4.78 is 15.4. The van der Waals surface area contributed by atoms with E-state index in [1.807, 2.05) is 18.2 Å². The van der Waals surface area contributed by atoms with Crippen LogP contribution in [0.5, 0.6) is 11.6 Å². The van der Waals surface area contributed by atoms with E-state index < -0.39 is 6.04 Å². The third-order valence-electron chi connectivity index (χ3n) is 5.34. The number of hydrogen-bond donors (Lipinski definition) is 2. The number of Topliss-reactive ketones (excluding diaryl/α,β-unsaturated/α-hetero) is 1. The number of ketones is 1. The van der Waals surface area contributed by atoms with Crippen LogP contribution >= 0.6 is 0 Å². The zero-order valence-corrected chi connectivity index (χ0v) is 19.6. The van der Waals surface area contributed by atoms with Gasteiger partial charge in [-0.1, -0.05) is 6.07 Å². The van der Waals surface area contributed by atoms with Gasteiger partial charge in [0.05, 0.1) is 63.4 Å². The lowest BCUT2D eigenvalue weighted by Gasteiger charge is -2.18. The normalized spacial score (nSPS) is 11.6. The molecule has 0 aliphatic heterocycles. The minimum absolute atomic E-state index is 0.115. The van der Waals surface area contributed by atoms with Crippen LogP contribution < -0.4 is 14.8 Å². The first-order valence-corrected chi connectivity index (χ1v) is 10.9. The van der Waals surface area contributed by atoms with Gasteiger partial charge in [-0.3, -0.25) is 19.6 Å². The average Bonchev–Trinajstić information content (AvgIpc) is 3.30. The number of fused-ring (bicyclic) bond motifs is 1. The van der Waals surface area contributed by atoms with Gasteiger partial charge in [-0.05, 0) is 24.6 Å². The molecule has 0 aliphatic rings. The molecule has 4 aromatic rings. The Kier molecular flexibility index (Phi) is 7.20. The molecule has 10 heteroatoms. The summed E-state index contributed by atoms with van der Waals surface area (Å²) in [6.07, 6.45) is 7.86. The van der Waals surface area contributed by atoms with Crippen molar-refractivity contribution in [3.05, 3.63) is 72.1 Å². The third kappa shape index (κ3) is 5.37. The quantitative estimate of drug-likeness (QED) is 0.261. The number of aromatic nitrogens is 4. The topological polar surface area (TPSA) is 128 Å². The monoisotopic (exact) mass is 475 g/mol. The van der Waals surface area contributed by atoms with Crippen molar-refractivity contribution >= 4 is 28.3 Å². The Morgan fingerprint density at radius 1 is 1.06 bits per heavy atom. The van der Waals surface area contributed by atoms with Gasteiger partial charge in [0, 0.05) is 28.7 Å². The largest absolute Gasteiger partial charge is 0.495 e. The van der Waals surface area contributed by atoms with Crippen molar-refractivity contribution in [3.63, 3.8) is 0 Å². The Labute approximate surface area is 201 Å². The fraction of sp³-hybridized carbons (Fsp3) is 0.240. The molecule has 35 heavy (non-hydrogen) atoms. The molecule has 3 aromatic heterocycles. The van der Waals surface area contributed by atoms with E-state index >= 15 is 0 Å². The van der Waals surface area contributed by atoms with Crippen LogP contribution in [0.1, 0.15) is 34.6 Å². The highest BCUT2D eigenvalue weighted by Gasteiger charge is 2.27. The summed E-state index contributed by atoms with van der Waals surface area (Å²) in [6, 6.07) is 6.34. The molecule has 180 valence electrons. The Hall–Kier alpha value is -4.47. The molecule has 4 rings (SSSR count). The molecule has 2 N–H and O–H groups in total. The Morgan fingerprint density at radius 2 is 1.91 bits per heavy atom. The van der Waals surface area contributed by atoms with Crippen LogP contribution in [-0.2, 0) is 16.0 Å². The minimum Gasteiger partial charge on any atom is -0.495 e. The Morgan fingerprint density at radius 3 is 2.63 bits per heavy atom. The molecule has 0 fully saturated rings. The Bertz CT molecular complexity index is 1340. The van der Waals surface area contributed by atoms with Crippen LogP contribution in [0.15, 0.2) is 55.2 Å². The van der Waals surface area contributed by atoms with Crippen molar-refractivity contribution in [1.82, 2.24) is 19.9 Å². The molecule has 10 nitrogen and oxygen atoms in total. The number of rotatable bonds is 10. The van der Waals surface area contributed by atoms with Crippen molar-refractivity contribution in [2.24, 2.45) is 0 Å². The summed E-state index contributed by atoms with van der Waals surface area (Å²) in [7, 11) is 3.03. The van der Waals surface area contributed by atoms with Gasteiger partial charge in [-0.15, -0.1) is 0 Å². The van der Waals surface area contributed by atoms with E-state index in [0.29, 0.717) is 40.6 Å². The van der Waals surface area contributed by atoms with E-state index in [9.17, 15) is 9.59 Å². The first-order chi connectivity index (χ1) is 17.0. The van der Waals surface area contributed by atoms with Crippen LogP contribution in [0, 0.1) is 0 Å². The van der Waals surface area contributed by atoms with Crippen LogP contribution in [0.2, 0.25) is 0 Å². The smallest absolute Gasteiger partial charge is 0.310 e. The first-order valence-electron chi connectivity index (χ1n) is 10.9. The fourth-order valence-corrected chi connectivity index (χ4v) is 3.65. The molecule has 0 spiro atoms. The number of hydrogen-bond acceptors (Lipinski definition) is 9. The summed E-state index contributed by atoms with van der Waals surface area (Å²) in [5.74, 6) is 0.303. The average molecular weight is 476 g/mol. The van der Waals surface area contributed by atoms with E-state index in [2.05, 4.69) is 25.3 Å². The van der Waals surface area contributed by atoms with Gasteiger partial charge in [0.2, 0.25) is 5.88 Å². The van der Waals surface area contributed by atoms with Gasteiger partial charge < -0.3 is 24.5 Å². The number of carbonyl (C=O) groups is 2. The lowest BCUT2D eigenvalue weighted by Crippen LogP contribution is -2.22. The second-order valence-corrected chi connectivity index (χ2v) is 7.60. The highest BCUT2D eigenvalue weighted by atomic mass is 16.5. The number of aromatic amines is 1. The number of methoxy groups -OCH3 is 2. The maximum atomic E-state index is 13.8. The van der Waals surface area contributed by atoms with Crippen LogP contribution in [0.25, 0.3) is 10.9 Å². The molecule has 0 bridgehead atoms. The van der Waals surface area contributed by atoms with E-state index in [0.717, 1.165) is 11.1 Å². The Balaban J connectivity index is 1.72. The van der Waals surface area contributed by atoms with Crippen molar-refractivity contribution in [1.29, 1.82) is 0 Å². The first kappa shape index (κ1) is 23.7. The number of benzene rings is 1. The summed E-state index contributed by atoms with van der Waals surface area (Å²) in [5, 5.41) is 3.89. The number of H-pyrrole nitrogens is 1. The van der Waals surface area contributed by atoms with Crippen molar-refractivity contribution in [2.45, 2.75) is 19.4 Å². The van der Waals surface area contributed by atoms with Gasteiger partial charge in [0.25, 0.3) is 0 Å². The summed E-state index contributed by atoms with van der Waals surface area (Å²) in [6.45, 7) is 2.07. The molecule has 0 amide bonds. The maximum absolute atomic E-state index is 13.8. The van der Waals surface area contributed by atoms with Gasteiger partial charge in [-0.25, -0.2) is 4.98 Å². The van der Waals surface area contributed by atoms with Gasteiger partial charge in [0.1, 0.15) is 11.8 Å². The van der Waals surface area contributed by atoms with E-state index in [1.54, 1.807) is 31.6 Å². The predicted octanol–water partition coefficient (Wildman–Crippen LogP) is 3.51. The lowest BCUT2D eigenvalue weighted by molar-refractivity contribution is -0.142. The highest BCUT2D eigenvalue weighted by Crippen LogP contribution is 2.28. The van der Waals surface area contributed by atoms with Crippen LogP contribution in [-0.4, -0.2) is 52.5 Å². The standard InChI is InChI=1S/C25H25N5O5/c1-4-35-23(31)8-15-5-6-20-18(7-15)19(12-27-20)25(32)24(21-13-29-22(34-3)14-28-21)30-16-9-17(33-2)11-26-10-16/h5-7,9-14,24,27,30H,4,8H2,1-3H3. The van der Waals surface area contributed by atoms with Crippen molar-refractivity contribution in [2.75, 3.05) is 26.1 Å². The molecule has 0 saturated carbocycles. The zero-order valence-electron chi connectivity index (χ0n) is 19.6. The van der Waals surface area contributed by atoms with E-state index in [4.69, 9.17) is 14.2 Å². The molecule has 0 saturated heterocycles. The molecule has 1 atom stereocenters. The van der Waals surface area contributed by atoms with Crippen molar-refractivity contribution < 1.29 is 23.8 Å². The number of pyridine rings is 1. The molecular formula is C25H25N5O5. The number of esters is 1. The molecule has 0 radical (unpaired) electrons. The number of carbonyl (C=O) groups excluding carboxylic acids is 2. The van der Waals surface area contributed by atoms with Crippen LogP contribution in [0.4, 0.5) is 5.69 Å². The second-order valence-electron chi connectivity index (χ2n) is 7.60. The number of nitrogens with one attached hydrogen (secondary N) is 2. The molecule has 3 heterocycles. The SMILES string of the molecule is CCOC(=O)Cc1ccc2[nH]cc(C(=O)C(Nc3cncc(OC)c3)c3cnc(OC)cn3)c2c1. The maximum Gasteiger partial charge on any atom is 0.310 e. The van der Waals surface area contributed by atoms with E-state index in [1.165, 1.54) is 26.6 Å². The van der Waals surface area contributed by atoms with Crippen LogP contribution in [0.3, 0.4) is 0 Å². The van der Waals surface area contributed by atoms with Crippen molar-refractivity contribution in [3.8, 4) is 11.6 Å². The molecule has 0 aliphatic carbocycles. The highest BCUT2D eigenvalue weighted by molar-refractivity contribution is 6.11. The number of ether oxygens (including phenoxy) is 3. The second kappa shape index (κ2) is 10.6. The summed E-state index contributed by atoms with van der Waals surface area (Å²) in [4.78, 5) is 41.7. The predicted molar refractivity (Wildman–Crippen MR) is 129 cm³/mol. The fourth-order valence-electron chi connectivity index (χ4n) is 3.65. The van der Waals surface area contributed by atoms with Gasteiger partial charge in [-0.2, -0.15) is 0 Å². The van der Waals surface area contributed by atoms with Gasteiger partial charge in [0.15, 0.2) is 5.78 Å².